The number of Topliss-reactive ketones (excluding diaryl/α,β-unsaturated/α-hetero) is 1. The number of fused-ring (bicyclic) bond motifs is 1. The van der Waals surface area contributed by atoms with Crippen LogP contribution >= 0.6 is 11.8 Å². The molecule has 198 valence electrons. The number of ketones is 1. The summed E-state index contributed by atoms with van der Waals surface area (Å²) in [5.41, 5.74) is 5.28. The first-order valence-corrected chi connectivity index (χ1v) is 13.6. The van der Waals surface area contributed by atoms with Gasteiger partial charge in [0.1, 0.15) is 0 Å². The van der Waals surface area contributed by atoms with Crippen molar-refractivity contribution >= 4 is 57.3 Å². The number of anilines is 1. The Bertz CT molecular complexity index is 1520. The monoisotopic (exact) mass is 540 g/mol. The summed E-state index contributed by atoms with van der Waals surface area (Å²) >= 11 is 0.898. The Morgan fingerprint density at radius 3 is 2.44 bits per heavy atom. The van der Waals surface area contributed by atoms with E-state index in [0.717, 1.165) is 58.1 Å². The van der Waals surface area contributed by atoms with E-state index in [4.69, 9.17) is 0 Å². The highest BCUT2D eigenvalue weighted by Crippen LogP contribution is 2.32. The standard InChI is InChI=1S/C30H28N4O4S/c1-19(2)26(35)9-10-28(36)34-15-13-33(14-16-34)22-6-4-21(5-7-22)23-11-12-31-25-8-3-20(17-24(23)25)18-27-29(37)32-30(38)39-27/h3-8,11-12,17-18H,1,9-10,13-16H2,2H3,(H,32,37,38). The first-order chi connectivity index (χ1) is 18.8. The SMILES string of the molecule is C=C(C)C(=O)CCC(=O)N1CCN(c2ccc(-c3ccnc4ccc(C=C5SC(=O)NC5=O)cc34)cc2)CC1. The molecule has 0 spiro atoms. The quantitative estimate of drug-likeness (QED) is 0.430. The second-order valence-corrected chi connectivity index (χ2v) is 10.6. The summed E-state index contributed by atoms with van der Waals surface area (Å²) in [5, 5.41) is 2.87. The molecule has 8 nitrogen and oxygen atoms in total. The van der Waals surface area contributed by atoms with Crippen LogP contribution in [0.2, 0.25) is 0 Å². The molecule has 1 N–H and O–H groups in total. The van der Waals surface area contributed by atoms with Gasteiger partial charge in [-0.05, 0) is 77.4 Å². The fourth-order valence-corrected chi connectivity index (χ4v) is 5.42. The summed E-state index contributed by atoms with van der Waals surface area (Å²) in [6.07, 6.45) is 3.94. The largest absolute Gasteiger partial charge is 0.368 e. The predicted octanol–water partition coefficient (Wildman–Crippen LogP) is 4.80. The summed E-state index contributed by atoms with van der Waals surface area (Å²) in [4.78, 5) is 56.7. The van der Waals surface area contributed by atoms with E-state index in [-0.39, 0.29) is 35.7 Å². The topological polar surface area (TPSA) is 99.7 Å². The number of nitrogens with zero attached hydrogens (tertiary/aromatic N) is 3. The number of pyridine rings is 1. The third-order valence-corrected chi connectivity index (χ3v) is 7.73. The van der Waals surface area contributed by atoms with Crippen LogP contribution < -0.4 is 10.2 Å². The molecule has 5 rings (SSSR count). The number of piperazine rings is 1. The van der Waals surface area contributed by atoms with Crippen LogP contribution in [0.25, 0.3) is 28.1 Å². The Morgan fingerprint density at radius 2 is 1.77 bits per heavy atom. The van der Waals surface area contributed by atoms with Gasteiger partial charge in [0.05, 0.1) is 10.4 Å². The molecule has 0 aliphatic carbocycles. The normalized spacial score (nSPS) is 16.6. The Hall–Kier alpha value is -4.24. The number of imide groups is 1. The van der Waals surface area contributed by atoms with Crippen molar-refractivity contribution in [3.05, 3.63) is 77.3 Å². The van der Waals surface area contributed by atoms with Gasteiger partial charge >= 0.3 is 0 Å². The summed E-state index contributed by atoms with van der Waals surface area (Å²) < 4.78 is 0. The van der Waals surface area contributed by atoms with Crippen molar-refractivity contribution in [2.45, 2.75) is 19.8 Å². The lowest BCUT2D eigenvalue weighted by Gasteiger charge is -2.36. The Kier molecular flexibility index (Phi) is 7.60. The minimum absolute atomic E-state index is 0.0120. The first kappa shape index (κ1) is 26.4. The minimum atomic E-state index is -0.379. The molecule has 39 heavy (non-hydrogen) atoms. The Labute approximate surface area is 230 Å². The number of thioether (sulfide) groups is 1. The van der Waals surface area contributed by atoms with Crippen LogP contribution in [0.1, 0.15) is 25.3 Å². The van der Waals surface area contributed by atoms with Gasteiger partial charge in [-0.1, -0.05) is 24.8 Å². The lowest BCUT2D eigenvalue weighted by atomic mass is 9.99. The van der Waals surface area contributed by atoms with Crippen LogP contribution in [0.15, 0.2) is 71.8 Å². The molecular weight excluding hydrogens is 512 g/mol. The van der Waals surface area contributed by atoms with Gasteiger partial charge in [-0.3, -0.25) is 29.5 Å². The highest BCUT2D eigenvalue weighted by Gasteiger charge is 2.25. The molecule has 2 aromatic carbocycles. The molecular formula is C30H28N4O4S. The molecule has 2 saturated heterocycles. The van der Waals surface area contributed by atoms with Crippen molar-refractivity contribution in [1.82, 2.24) is 15.2 Å². The van der Waals surface area contributed by atoms with E-state index in [9.17, 15) is 19.2 Å². The zero-order chi connectivity index (χ0) is 27.5. The van der Waals surface area contributed by atoms with Gasteiger partial charge in [0.15, 0.2) is 5.78 Å². The van der Waals surface area contributed by atoms with Crippen molar-refractivity contribution in [1.29, 1.82) is 0 Å². The average Bonchev–Trinajstić information content (AvgIpc) is 3.27. The third-order valence-electron chi connectivity index (χ3n) is 6.92. The van der Waals surface area contributed by atoms with E-state index in [1.807, 2.05) is 29.2 Å². The van der Waals surface area contributed by atoms with Crippen LogP contribution in [0.3, 0.4) is 0 Å². The molecule has 2 fully saturated rings. The van der Waals surface area contributed by atoms with Crippen LogP contribution in [-0.4, -0.2) is 58.9 Å². The lowest BCUT2D eigenvalue weighted by molar-refractivity contribution is -0.133. The van der Waals surface area contributed by atoms with E-state index in [1.54, 1.807) is 19.2 Å². The number of amides is 3. The molecule has 3 amide bonds. The lowest BCUT2D eigenvalue weighted by Crippen LogP contribution is -2.48. The van der Waals surface area contributed by atoms with E-state index < -0.39 is 0 Å². The van der Waals surface area contributed by atoms with Crippen molar-refractivity contribution in [3.63, 3.8) is 0 Å². The van der Waals surface area contributed by atoms with E-state index >= 15 is 0 Å². The maximum absolute atomic E-state index is 12.5. The number of carbonyl (C=O) groups is 4. The molecule has 0 bridgehead atoms. The number of benzene rings is 2. The van der Waals surface area contributed by atoms with E-state index in [2.05, 4.69) is 46.0 Å². The van der Waals surface area contributed by atoms with Gasteiger partial charge in [-0.2, -0.15) is 0 Å². The number of hydrogen-bond donors (Lipinski definition) is 1. The van der Waals surface area contributed by atoms with Crippen molar-refractivity contribution in [2.75, 3.05) is 31.1 Å². The number of hydrogen-bond acceptors (Lipinski definition) is 7. The van der Waals surface area contributed by atoms with Gasteiger partial charge in [0, 0.05) is 56.3 Å². The summed E-state index contributed by atoms with van der Waals surface area (Å²) in [7, 11) is 0. The Balaban J connectivity index is 1.28. The predicted molar refractivity (Wildman–Crippen MR) is 154 cm³/mol. The Morgan fingerprint density at radius 1 is 1.03 bits per heavy atom. The molecule has 3 heterocycles. The highest BCUT2D eigenvalue weighted by molar-refractivity contribution is 8.18. The van der Waals surface area contributed by atoms with Crippen LogP contribution in [0.4, 0.5) is 10.5 Å². The molecule has 0 saturated carbocycles. The molecule has 2 aliphatic rings. The van der Waals surface area contributed by atoms with Gasteiger partial charge < -0.3 is 9.80 Å². The zero-order valence-corrected chi connectivity index (χ0v) is 22.4. The van der Waals surface area contributed by atoms with Gasteiger partial charge in [0.2, 0.25) is 5.91 Å². The molecule has 0 radical (unpaired) electrons. The fourth-order valence-electron chi connectivity index (χ4n) is 4.74. The third kappa shape index (κ3) is 5.93. The van der Waals surface area contributed by atoms with Crippen molar-refractivity contribution in [3.8, 4) is 11.1 Å². The summed E-state index contributed by atoms with van der Waals surface area (Å²) in [5.74, 6) is -0.429. The molecule has 3 aromatic rings. The maximum atomic E-state index is 12.5. The minimum Gasteiger partial charge on any atom is -0.368 e. The number of allylic oxidation sites excluding steroid dienone is 1. The molecule has 1 aromatic heterocycles. The van der Waals surface area contributed by atoms with Crippen molar-refractivity contribution < 1.29 is 19.2 Å². The fraction of sp³-hybridized carbons (Fsp3) is 0.233. The second-order valence-electron chi connectivity index (χ2n) is 9.61. The molecule has 0 unspecified atom stereocenters. The van der Waals surface area contributed by atoms with E-state index in [0.29, 0.717) is 23.6 Å². The highest BCUT2D eigenvalue weighted by atomic mass is 32.2. The van der Waals surface area contributed by atoms with Crippen molar-refractivity contribution in [2.24, 2.45) is 0 Å². The zero-order valence-electron chi connectivity index (χ0n) is 21.6. The number of aromatic nitrogens is 1. The first-order valence-electron chi connectivity index (χ1n) is 12.7. The summed E-state index contributed by atoms with van der Waals surface area (Å²) in [6.45, 7) is 8.01. The number of rotatable bonds is 7. The van der Waals surface area contributed by atoms with Gasteiger partial charge in [-0.25, -0.2) is 0 Å². The van der Waals surface area contributed by atoms with Gasteiger partial charge in [-0.15, -0.1) is 0 Å². The average molecular weight is 541 g/mol. The van der Waals surface area contributed by atoms with Crippen LogP contribution in [0, 0.1) is 0 Å². The van der Waals surface area contributed by atoms with E-state index in [1.165, 1.54) is 0 Å². The van der Waals surface area contributed by atoms with Gasteiger partial charge in [0.25, 0.3) is 11.1 Å². The molecule has 2 aliphatic heterocycles. The smallest absolute Gasteiger partial charge is 0.290 e. The second kappa shape index (κ2) is 11.2. The van der Waals surface area contributed by atoms with Crippen LogP contribution in [0.5, 0.6) is 0 Å². The molecule has 0 atom stereocenters. The van der Waals surface area contributed by atoms with Crippen LogP contribution in [-0.2, 0) is 14.4 Å². The number of carbonyl (C=O) groups excluding carboxylic acids is 4. The molecule has 9 heteroatoms. The maximum Gasteiger partial charge on any atom is 0.290 e. The number of nitrogens with one attached hydrogen (secondary N) is 1. The summed E-state index contributed by atoms with van der Waals surface area (Å²) in [6, 6.07) is 16.1.